The maximum absolute atomic E-state index is 12.4. The summed E-state index contributed by atoms with van der Waals surface area (Å²) in [4.78, 5) is 26.3. The first-order chi connectivity index (χ1) is 14.8. The molecule has 0 spiro atoms. The number of ether oxygens (including phenoxy) is 3. The highest BCUT2D eigenvalue weighted by atomic mass is 16.6. The Bertz CT molecular complexity index is 833. The summed E-state index contributed by atoms with van der Waals surface area (Å²) in [5, 5.41) is 2.85. The van der Waals surface area contributed by atoms with Gasteiger partial charge in [0.25, 0.3) is 0 Å². The van der Waals surface area contributed by atoms with E-state index in [0.29, 0.717) is 32.0 Å². The second-order valence-corrected chi connectivity index (χ2v) is 7.91. The Kier molecular flexibility index (Phi) is 9.34. The summed E-state index contributed by atoms with van der Waals surface area (Å²) in [6.07, 6.45) is -0.391. The molecule has 1 N–H and O–H groups in total. The SMILES string of the molecule is CCN(Cc1ccccc1NC(=O)COCCOc1ccccc1)C(=O)OC(C)(C)C. The molecule has 2 aromatic rings. The third-order valence-corrected chi connectivity index (χ3v) is 4.16. The molecule has 7 nitrogen and oxygen atoms in total. The van der Waals surface area contributed by atoms with Crippen LogP contribution < -0.4 is 10.1 Å². The molecule has 0 heterocycles. The van der Waals surface area contributed by atoms with Crippen LogP contribution in [0.25, 0.3) is 0 Å². The molecule has 0 fully saturated rings. The largest absolute Gasteiger partial charge is 0.491 e. The summed E-state index contributed by atoms with van der Waals surface area (Å²) < 4.78 is 16.4. The fourth-order valence-corrected chi connectivity index (χ4v) is 2.70. The predicted octanol–water partition coefficient (Wildman–Crippen LogP) is 4.48. The summed E-state index contributed by atoms with van der Waals surface area (Å²) >= 11 is 0. The average molecular weight is 429 g/mol. The number of amides is 2. The Hall–Kier alpha value is -3.06. The van der Waals surface area contributed by atoms with Crippen LogP contribution in [0.4, 0.5) is 10.5 Å². The molecule has 2 aromatic carbocycles. The maximum Gasteiger partial charge on any atom is 0.410 e. The van der Waals surface area contributed by atoms with Crippen LogP contribution in [0.2, 0.25) is 0 Å². The zero-order chi connectivity index (χ0) is 22.7. The smallest absolute Gasteiger partial charge is 0.410 e. The van der Waals surface area contributed by atoms with Crippen LogP contribution in [0.5, 0.6) is 5.75 Å². The van der Waals surface area contributed by atoms with Gasteiger partial charge < -0.3 is 24.4 Å². The van der Waals surface area contributed by atoms with Gasteiger partial charge >= 0.3 is 6.09 Å². The molecule has 2 rings (SSSR count). The zero-order valence-electron chi connectivity index (χ0n) is 18.7. The van der Waals surface area contributed by atoms with Gasteiger partial charge in [0, 0.05) is 12.2 Å². The minimum Gasteiger partial charge on any atom is -0.491 e. The number of nitrogens with one attached hydrogen (secondary N) is 1. The maximum atomic E-state index is 12.4. The Labute approximate surface area is 184 Å². The first-order valence-electron chi connectivity index (χ1n) is 10.4. The quantitative estimate of drug-likeness (QED) is 0.565. The normalized spacial score (nSPS) is 11.0. The van der Waals surface area contributed by atoms with E-state index in [4.69, 9.17) is 14.2 Å². The molecule has 0 aliphatic heterocycles. The van der Waals surface area contributed by atoms with Crippen molar-refractivity contribution in [2.24, 2.45) is 0 Å². The number of hydrogen-bond acceptors (Lipinski definition) is 5. The molecule has 0 aliphatic rings. The Morgan fingerprint density at radius 1 is 0.968 bits per heavy atom. The molecular formula is C24H32N2O5. The summed E-state index contributed by atoms with van der Waals surface area (Å²) in [6, 6.07) is 16.8. The fourth-order valence-electron chi connectivity index (χ4n) is 2.70. The van der Waals surface area contributed by atoms with Crippen LogP contribution in [0, 0.1) is 0 Å². The van der Waals surface area contributed by atoms with Crippen molar-refractivity contribution >= 4 is 17.7 Å². The van der Waals surface area contributed by atoms with E-state index in [1.165, 1.54) is 0 Å². The van der Waals surface area contributed by atoms with Gasteiger partial charge in [0.2, 0.25) is 5.91 Å². The van der Waals surface area contributed by atoms with Crippen LogP contribution in [0.1, 0.15) is 33.3 Å². The van der Waals surface area contributed by atoms with Gasteiger partial charge in [-0.1, -0.05) is 36.4 Å². The third-order valence-electron chi connectivity index (χ3n) is 4.16. The van der Waals surface area contributed by atoms with Gasteiger partial charge in [0.15, 0.2) is 0 Å². The highest BCUT2D eigenvalue weighted by molar-refractivity contribution is 5.92. The number of rotatable bonds is 10. The van der Waals surface area contributed by atoms with Crippen LogP contribution in [-0.2, 0) is 20.8 Å². The lowest BCUT2D eigenvalue weighted by atomic mass is 10.1. The van der Waals surface area contributed by atoms with E-state index in [0.717, 1.165) is 11.3 Å². The van der Waals surface area contributed by atoms with Crippen molar-refractivity contribution in [3.05, 3.63) is 60.2 Å². The molecule has 0 bridgehead atoms. The molecule has 0 saturated carbocycles. The Morgan fingerprint density at radius 3 is 2.32 bits per heavy atom. The third kappa shape index (κ3) is 9.09. The summed E-state index contributed by atoms with van der Waals surface area (Å²) in [5.41, 5.74) is 0.884. The topological polar surface area (TPSA) is 77.1 Å². The fraction of sp³-hybridized carbons (Fsp3) is 0.417. The van der Waals surface area contributed by atoms with E-state index in [1.807, 2.05) is 76.2 Å². The number of nitrogens with zero attached hydrogens (tertiary/aromatic N) is 1. The van der Waals surface area contributed by atoms with E-state index in [-0.39, 0.29) is 12.5 Å². The lowest BCUT2D eigenvalue weighted by Crippen LogP contribution is -2.36. The van der Waals surface area contributed by atoms with E-state index < -0.39 is 11.7 Å². The second kappa shape index (κ2) is 12.0. The van der Waals surface area contributed by atoms with Crippen molar-refractivity contribution in [1.82, 2.24) is 4.90 Å². The first kappa shape index (κ1) is 24.2. The Balaban J connectivity index is 1.83. The number of para-hydroxylation sites is 2. The monoisotopic (exact) mass is 428 g/mol. The van der Waals surface area contributed by atoms with Crippen molar-refractivity contribution in [3.8, 4) is 5.75 Å². The van der Waals surface area contributed by atoms with Crippen molar-refractivity contribution in [2.75, 3.05) is 31.7 Å². The zero-order valence-corrected chi connectivity index (χ0v) is 18.7. The second-order valence-electron chi connectivity index (χ2n) is 7.91. The van der Waals surface area contributed by atoms with E-state index in [9.17, 15) is 9.59 Å². The standard InChI is InChI=1S/C24H32N2O5/c1-5-26(23(28)31-24(2,3)4)17-19-11-9-10-14-21(19)25-22(27)18-29-15-16-30-20-12-7-6-8-13-20/h6-14H,5,15-18H2,1-4H3,(H,25,27). The van der Waals surface area contributed by atoms with Gasteiger partial charge in [-0.15, -0.1) is 0 Å². The van der Waals surface area contributed by atoms with E-state index in [2.05, 4.69) is 5.32 Å². The number of anilines is 1. The first-order valence-corrected chi connectivity index (χ1v) is 10.4. The van der Waals surface area contributed by atoms with Crippen molar-refractivity contribution in [2.45, 2.75) is 39.8 Å². The van der Waals surface area contributed by atoms with Crippen LogP contribution in [-0.4, -0.2) is 48.9 Å². The molecule has 0 unspecified atom stereocenters. The molecule has 0 aliphatic carbocycles. The Morgan fingerprint density at radius 2 is 1.65 bits per heavy atom. The van der Waals surface area contributed by atoms with Gasteiger partial charge in [-0.3, -0.25) is 4.79 Å². The number of carbonyl (C=O) groups excluding carboxylic acids is 2. The number of benzene rings is 2. The minimum atomic E-state index is -0.570. The van der Waals surface area contributed by atoms with Gasteiger partial charge in [0.1, 0.15) is 24.6 Å². The van der Waals surface area contributed by atoms with E-state index in [1.54, 1.807) is 11.0 Å². The van der Waals surface area contributed by atoms with Crippen LogP contribution in [0.15, 0.2) is 54.6 Å². The molecule has 31 heavy (non-hydrogen) atoms. The summed E-state index contributed by atoms with van der Waals surface area (Å²) in [5.74, 6) is 0.488. The molecule has 0 saturated heterocycles. The lowest BCUT2D eigenvalue weighted by molar-refractivity contribution is -0.120. The highest BCUT2D eigenvalue weighted by Gasteiger charge is 2.22. The number of carbonyl (C=O) groups is 2. The van der Waals surface area contributed by atoms with Crippen LogP contribution >= 0.6 is 0 Å². The van der Waals surface area contributed by atoms with Crippen LogP contribution in [0.3, 0.4) is 0 Å². The number of hydrogen-bond donors (Lipinski definition) is 1. The van der Waals surface area contributed by atoms with Crippen molar-refractivity contribution in [3.63, 3.8) is 0 Å². The minimum absolute atomic E-state index is 0.0873. The lowest BCUT2D eigenvalue weighted by Gasteiger charge is -2.27. The van der Waals surface area contributed by atoms with Gasteiger partial charge in [-0.25, -0.2) is 4.79 Å². The van der Waals surface area contributed by atoms with Crippen molar-refractivity contribution in [1.29, 1.82) is 0 Å². The molecule has 0 atom stereocenters. The molecular weight excluding hydrogens is 396 g/mol. The molecule has 0 radical (unpaired) electrons. The summed E-state index contributed by atoms with van der Waals surface area (Å²) in [7, 11) is 0. The average Bonchev–Trinajstić information content (AvgIpc) is 2.72. The van der Waals surface area contributed by atoms with Gasteiger partial charge in [-0.2, -0.15) is 0 Å². The van der Waals surface area contributed by atoms with Gasteiger partial charge in [-0.05, 0) is 51.5 Å². The molecule has 0 aromatic heterocycles. The van der Waals surface area contributed by atoms with E-state index >= 15 is 0 Å². The molecule has 168 valence electrons. The highest BCUT2D eigenvalue weighted by Crippen LogP contribution is 2.19. The van der Waals surface area contributed by atoms with Crippen molar-refractivity contribution < 1.29 is 23.8 Å². The predicted molar refractivity (Wildman–Crippen MR) is 120 cm³/mol. The molecule has 7 heteroatoms. The van der Waals surface area contributed by atoms with Gasteiger partial charge in [0.05, 0.1) is 13.2 Å². The summed E-state index contributed by atoms with van der Waals surface area (Å²) in [6.45, 7) is 8.76. The molecule has 2 amide bonds.